The maximum Gasteiger partial charge on any atom is 0.391 e. The summed E-state index contributed by atoms with van der Waals surface area (Å²) in [6, 6.07) is -0.292. The van der Waals surface area contributed by atoms with Crippen LogP contribution in [0.3, 0.4) is 0 Å². The van der Waals surface area contributed by atoms with Crippen molar-refractivity contribution in [3.05, 3.63) is 0 Å². The van der Waals surface area contributed by atoms with Crippen LogP contribution in [0.1, 0.15) is 45.4 Å². The van der Waals surface area contributed by atoms with Crippen molar-refractivity contribution >= 4 is 5.91 Å². The van der Waals surface area contributed by atoms with Gasteiger partial charge in [0.05, 0.1) is 5.92 Å². The second kappa shape index (κ2) is 5.55. The van der Waals surface area contributed by atoms with Gasteiger partial charge in [0.15, 0.2) is 0 Å². The van der Waals surface area contributed by atoms with E-state index in [0.29, 0.717) is 19.3 Å². The number of alkyl halides is 3. The molecule has 0 unspecified atom stereocenters. The molecule has 1 rings (SSSR count). The van der Waals surface area contributed by atoms with E-state index in [0.717, 1.165) is 6.42 Å². The predicted octanol–water partition coefficient (Wildman–Crippen LogP) is 3.02. The summed E-state index contributed by atoms with van der Waals surface area (Å²) in [7, 11) is 0. The molecular weight excluding hydrogens is 219 g/mol. The summed E-state index contributed by atoms with van der Waals surface area (Å²) in [6.07, 6.45) is -1.55. The Kier molecular flexibility index (Phi) is 4.62. The third kappa shape index (κ3) is 4.02. The Balaban J connectivity index is 2.42. The summed E-state index contributed by atoms with van der Waals surface area (Å²) in [4.78, 5) is 11.3. The van der Waals surface area contributed by atoms with Gasteiger partial charge >= 0.3 is 6.18 Å². The molecule has 0 aromatic carbocycles. The Morgan fingerprint density at radius 2 is 2.06 bits per heavy atom. The minimum absolute atomic E-state index is 0.0406. The maximum absolute atomic E-state index is 12.5. The summed E-state index contributed by atoms with van der Waals surface area (Å²) in [5.74, 6) is -1.37. The van der Waals surface area contributed by atoms with Gasteiger partial charge in [-0.3, -0.25) is 4.79 Å². The van der Waals surface area contributed by atoms with E-state index in [1.54, 1.807) is 0 Å². The second-order valence-corrected chi connectivity index (χ2v) is 4.42. The molecular formula is C11H18F3NO. The monoisotopic (exact) mass is 237 g/mol. The molecule has 1 N–H and O–H groups in total. The molecule has 0 saturated heterocycles. The van der Waals surface area contributed by atoms with Crippen LogP contribution in [0.4, 0.5) is 13.2 Å². The molecule has 16 heavy (non-hydrogen) atoms. The highest BCUT2D eigenvalue weighted by Crippen LogP contribution is 2.37. The Hall–Kier alpha value is -0.740. The number of hydrogen-bond donors (Lipinski definition) is 1. The van der Waals surface area contributed by atoms with Gasteiger partial charge in [0, 0.05) is 12.5 Å². The minimum Gasteiger partial charge on any atom is -0.353 e. The lowest BCUT2D eigenvalue weighted by Gasteiger charge is -2.31. The first kappa shape index (κ1) is 13.3. The van der Waals surface area contributed by atoms with E-state index in [-0.39, 0.29) is 24.8 Å². The highest BCUT2D eigenvalue weighted by Gasteiger charge is 2.42. The van der Waals surface area contributed by atoms with Gasteiger partial charge in [-0.1, -0.05) is 13.3 Å². The molecule has 1 saturated carbocycles. The third-order valence-electron chi connectivity index (χ3n) is 2.98. The third-order valence-corrected chi connectivity index (χ3v) is 2.98. The van der Waals surface area contributed by atoms with Crippen LogP contribution in [0, 0.1) is 5.92 Å². The largest absolute Gasteiger partial charge is 0.391 e. The normalized spacial score (nSPS) is 26.5. The van der Waals surface area contributed by atoms with Crippen LogP contribution in [0.5, 0.6) is 0 Å². The molecule has 0 aromatic heterocycles. The van der Waals surface area contributed by atoms with Crippen LogP contribution in [0.15, 0.2) is 0 Å². The predicted molar refractivity (Wildman–Crippen MR) is 54.9 cm³/mol. The number of amides is 1. The van der Waals surface area contributed by atoms with E-state index in [2.05, 4.69) is 5.32 Å². The summed E-state index contributed by atoms with van der Waals surface area (Å²) in [5.41, 5.74) is 0. The van der Waals surface area contributed by atoms with Crippen LogP contribution >= 0.6 is 0 Å². The van der Waals surface area contributed by atoms with Gasteiger partial charge in [0.25, 0.3) is 0 Å². The average molecular weight is 237 g/mol. The van der Waals surface area contributed by atoms with E-state index >= 15 is 0 Å². The molecule has 1 aliphatic carbocycles. The van der Waals surface area contributed by atoms with Gasteiger partial charge in [-0.05, 0) is 25.7 Å². The lowest BCUT2D eigenvalue weighted by Crippen LogP contribution is -2.41. The van der Waals surface area contributed by atoms with Gasteiger partial charge < -0.3 is 5.32 Å². The van der Waals surface area contributed by atoms with E-state index in [1.807, 2.05) is 6.92 Å². The fraction of sp³-hybridized carbons (Fsp3) is 0.909. The van der Waals surface area contributed by atoms with Crippen molar-refractivity contribution in [1.82, 2.24) is 5.32 Å². The van der Waals surface area contributed by atoms with E-state index in [1.165, 1.54) is 0 Å². The summed E-state index contributed by atoms with van der Waals surface area (Å²) in [6.45, 7) is 1.87. The van der Waals surface area contributed by atoms with Crippen LogP contribution in [-0.4, -0.2) is 18.1 Å². The minimum atomic E-state index is -4.12. The smallest absolute Gasteiger partial charge is 0.353 e. The van der Waals surface area contributed by atoms with Gasteiger partial charge in [-0.15, -0.1) is 0 Å². The number of hydrogen-bond acceptors (Lipinski definition) is 1. The topological polar surface area (TPSA) is 29.1 Å². The van der Waals surface area contributed by atoms with Gasteiger partial charge in [-0.25, -0.2) is 0 Å². The fourth-order valence-electron chi connectivity index (χ4n) is 2.15. The highest BCUT2D eigenvalue weighted by atomic mass is 19.4. The average Bonchev–Trinajstić information content (AvgIpc) is 2.17. The summed E-state index contributed by atoms with van der Waals surface area (Å²) >= 11 is 0. The molecule has 1 aliphatic rings. The molecule has 0 aromatic rings. The van der Waals surface area contributed by atoms with Crippen molar-refractivity contribution < 1.29 is 18.0 Å². The van der Waals surface area contributed by atoms with Crippen LogP contribution in [0.2, 0.25) is 0 Å². The Bertz CT molecular complexity index is 240. The molecule has 0 aliphatic heterocycles. The maximum atomic E-state index is 12.5. The number of carbonyl (C=O) groups excluding carboxylic acids is 1. The van der Waals surface area contributed by atoms with Gasteiger partial charge in [0.1, 0.15) is 0 Å². The fourth-order valence-corrected chi connectivity index (χ4v) is 2.15. The van der Waals surface area contributed by atoms with E-state index in [9.17, 15) is 18.0 Å². The molecule has 0 bridgehead atoms. The van der Waals surface area contributed by atoms with Gasteiger partial charge in [0.2, 0.25) is 5.91 Å². The van der Waals surface area contributed by atoms with Crippen molar-refractivity contribution in [1.29, 1.82) is 0 Å². The summed E-state index contributed by atoms with van der Waals surface area (Å²) < 4.78 is 37.5. The molecule has 5 heteroatoms. The van der Waals surface area contributed by atoms with Crippen molar-refractivity contribution in [2.75, 3.05) is 0 Å². The first-order valence-corrected chi connectivity index (χ1v) is 5.79. The molecule has 2 atom stereocenters. The molecule has 94 valence electrons. The van der Waals surface area contributed by atoms with Crippen molar-refractivity contribution in [2.45, 2.75) is 57.7 Å². The zero-order valence-electron chi connectivity index (χ0n) is 9.44. The lowest BCUT2D eigenvalue weighted by atomic mass is 9.85. The molecule has 1 fully saturated rings. The Morgan fingerprint density at radius 1 is 1.38 bits per heavy atom. The lowest BCUT2D eigenvalue weighted by molar-refractivity contribution is -0.184. The van der Waals surface area contributed by atoms with Crippen LogP contribution < -0.4 is 5.32 Å². The first-order chi connectivity index (χ1) is 7.43. The molecule has 0 radical (unpaired) electrons. The van der Waals surface area contributed by atoms with Crippen LogP contribution in [-0.2, 0) is 4.79 Å². The number of rotatable bonds is 3. The Labute approximate surface area is 93.6 Å². The highest BCUT2D eigenvalue weighted by molar-refractivity contribution is 5.76. The second-order valence-electron chi connectivity index (χ2n) is 4.42. The standard InChI is InChI=1S/C11H18F3NO/c1-2-4-10(16)15-9-6-3-5-8(7-9)11(12,13)14/h8-9H,2-7H2,1H3,(H,15,16)/t8-,9-/m1/s1. The van der Waals surface area contributed by atoms with Crippen molar-refractivity contribution in [3.8, 4) is 0 Å². The zero-order chi connectivity index (χ0) is 12.2. The molecule has 0 spiro atoms. The van der Waals surface area contributed by atoms with Crippen molar-refractivity contribution in [2.24, 2.45) is 5.92 Å². The quantitative estimate of drug-likeness (QED) is 0.803. The Morgan fingerprint density at radius 3 is 2.62 bits per heavy atom. The van der Waals surface area contributed by atoms with E-state index in [4.69, 9.17) is 0 Å². The first-order valence-electron chi connectivity index (χ1n) is 5.79. The SMILES string of the molecule is CCCC(=O)N[C@@H]1CCC[C@@H](C(F)(F)F)C1. The number of nitrogens with one attached hydrogen (secondary N) is 1. The van der Waals surface area contributed by atoms with E-state index < -0.39 is 12.1 Å². The van der Waals surface area contributed by atoms with Crippen LogP contribution in [0.25, 0.3) is 0 Å². The summed E-state index contributed by atoms with van der Waals surface area (Å²) in [5, 5.41) is 2.68. The number of carbonyl (C=O) groups is 1. The van der Waals surface area contributed by atoms with Crippen molar-refractivity contribution in [3.63, 3.8) is 0 Å². The molecule has 0 heterocycles. The number of halogens is 3. The zero-order valence-corrected chi connectivity index (χ0v) is 9.44. The van der Waals surface area contributed by atoms with Gasteiger partial charge in [-0.2, -0.15) is 13.2 Å². The molecule has 2 nitrogen and oxygen atoms in total. The molecule has 1 amide bonds.